The van der Waals surface area contributed by atoms with E-state index in [1.807, 2.05) is 0 Å². The number of rotatable bonds is 5. The third-order valence-corrected chi connectivity index (χ3v) is 3.06. The van der Waals surface area contributed by atoms with Crippen molar-refractivity contribution in [3.8, 4) is 0 Å². The molecule has 0 aliphatic heterocycles. The first kappa shape index (κ1) is 17.5. The molecule has 0 saturated carbocycles. The lowest BCUT2D eigenvalue weighted by molar-refractivity contribution is -0.138. The van der Waals surface area contributed by atoms with Crippen molar-refractivity contribution < 1.29 is 27.3 Å². The molecule has 2 rings (SSSR count). The fourth-order valence-corrected chi connectivity index (χ4v) is 1.87. The fourth-order valence-electron chi connectivity index (χ4n) is 1.87. The lowest BCUT2D eigenvalue weighted by atomic mass is 10.1. The molecule has 0 aliphatic carbocycles. The second-order valence-corrected chi connectivity index (χ2v) is 5.02. The summed E-state index contributed by atoms with van der Waals surface area (Å²) in [6, 6.07) is 6.19. The van der Waals surface area contributed by atoms with Gasteiger partial charge >= 0.3 is 6.18 Å². The van der Waals surface area contributed by atoms with E-state index in [-0.39, 0.29) is 6.42 Å². The number of carbonyl (C=O) groups excluding carboxylic acids is 2. The predicted octanol–water partition coefficient (Wildman–Crippen LogP) is 2.46. The summed E-state index contributed by atoms with van der Waals surface area (Å²) in [5.41, 5.74) is 1.29. The lowest BCUT2D eigenvalue weighted by Gasteiger charge is -2.09. The van der Waals surface area contributed by atoms with E-state index in [4.69, 9.17) is 4.52 Å². The molecule has 0 fully saturated rings. The number of halogens is 3. The second-order valence-electron chi connectivity index (χ2n) is 5.02. The highest BCUT2D eigenvalue weighted by molar-refractivity contribution is 6.04. The molecule has 2 amide bonds. The van der Waals surface area contributed by atoms with Crippen molar-refractivity contribution in [3.05, 3.63) is 47.3 Å². The number of carbonyl (C=O) groups is 2. The van der Waals surface area contributed by atoms with E-state index in [2.05, 4.69) is 10.5 Å². The Balaban J connectivity index is 1.90. The van der Waals surface area contributed by atoms with Crippen molar-refractivity contribution in [1.82, 2.24) is 10.5 Å². The maximum Gasteiger partial charge on any atom is 0.405 e. The Bertz CT molecular complexity index is 724. The zero-order valence-corrected chi connectivity index (χ0v) is 12.6. The van der Waals surface area contributed by atoms with Crippen LogP contribution in [0, 0.1) is 6.92 Å². The van der Waals surface area contributed by atoms with E-state index >= 15 is 0 Å². The van der Waals surface area contributed by atoms with Gasteiger partial charge in [0.1, 0.15) is 17.9 Å². The van der Waals surface area contributed by atoms with Crippen molar-refractivity contribution in [1.29, 1.82) is 0 Å². The van der Waals surface area contributed by atoms with Crippen molar-refractivity contribution in [3.63, 3.8) is 0 Å². The Labute approximate surface area is 135 Å². The second kappa shape index (κ2) is 7.16. The normalized spacial score (nSPS) is 11.2. The highest BCUT2D eigenvalue weighted by Gasteiger charge is 2.27. The zero-order chi connectivity index (χ0) is 17.7. The number of nitrogens with zero attached hydrogens (tertiary/aromatic N) is 1. The molecule has 0 radical (unpaired) electrons. The van der Waals surface area contributed by atoms with Gasteiger partial charge in [-0.15, -0.1) is 0 Å². The summed E-state index contributed by atoms with van der Waals surface area (Å²) < 4.78 is 40.8. The number of aryl methyl sites for hydroxylation is 1. The number of aromatic nitrogens is 1. The molecular formula is C15H14F3N3O3. The maximum atomic E-state index is 12.0. The van der Waals surface area contributed by atoms with Crippen molar-refractivity contribution >= 4 is 17.5 Å². The number of hydrogen-bond donors (Lipinski definition) is 2. The highest BCUT2D eigenvalue weighted by Crippen LogP contribution is 2.14. The van der Waals surface area contributed by atoms with Crippen LogP contribution in [0.4, 0.5) is 18.9 Å². The van der Waals surface area contributed by atoms with Gasteiger partial charge in [-0.2, -0.15) is 13.2 Å². The molecule has 1 aromatic carbocycles. The summed E-state index contributed by atoms with van der Waals surface area (Å²) in [7, 11) is 0. The number of hydrogen-bond acceptors (Lipinski definition) is 4. The minimum atomic E-state index is -4.44. The van der Waals surface area contributed by atoms with Gasteiger partial charge in [-0.1, -0.05) is 17.3 Å². The fraction of sp³-hybridized carbons (Fsp3) is 0.267. The SMILES string of the molecule is Cc1oncc1C(=O)Nc1ccc(CC(=O)NCC(F)(F)F)cc1. The maximum absolute atomic E-state index is 12.0. The van der Waals surface area contributed by atoms with E-state index in [1.54, 1.807) is 36.5 Å². The molecule has 6 nitrogen and oxygen atoms in total. The number of amides is 2. The van der Waals surface area contributed by atoms with E-state index in [0.717, 1.165) is 0 Å². The summed E-state index contributed by atoms with van der Waals surface area (Å²) >= 11 is 0. The largest absolute Gasteiger partial charge is 0.405 e. The van der Waals surface area contributed by atoms with Crippen LogP contribution in [0.1, 0.15) is 21.7 Å². The summed E-state index contributed by atoms with van der Waals surface area (Å²) in [4.78, 5) is 23.4. The summed E-state index contributed by atoms with van der Waals surface area (Å²) in [6.45, 7) is 0.239. The van der Waals surface area contributed by atoms with Gasteiger partial charge in [0.15, 0.2) is 0 Å². The molecule has 0 atom stereocenters. The van der Waals surface area contributed by atoms with Gasteiger partial charge < -0.3 is 15.2 Å². The molecule has 0 spiro atoms. The standard InChI is InChI=1S/C15H14F3N3O3/c1-9-12(7-20-24-9)14(23)21-11-4-2-10(3-5-11)6-13(22)19-8-15(16,17)18/h2-5,7H,6,8H2,1H3,(H,19,22)(H,21,23). The number of benzene rings is 1. The molecule has 0 bridgehead atoms. The third kappa shape index (κ3) is 5.11. The highest BCUT2D eigenvalue weighted by atomic mass is 19.4. The van der Waals surface area contributed by atoms with E-state index in [9.17, 15) is 22.8 Å². The van der Waals surface area contributed by atoms with Gasteiger partial charge in [-0.3, -0.25) is 9.59 Å². The van der Waals surface area contributed by atoms with Gasteiger partial charge in [0.25, 0.3) is 5.91 Å². The lowest BCUT2D eigenvalue weighted by Crippen LogP contribution is -2.34. The molecular weight excluding hydrogens is 327 g/mol. The van der Waals surface area contributed by atoms with Crippen LogP contribution in [0.3, 0.4) is 0 Å². The summed E-state index contributed by atoms with van der Waals surface area (Å²) in [6.07, 6.45) is -3.33. The van der Waals surface area contributed by atoms with Crippen LogP contribution >= 0.6 is 0 Å². The average Bonchev–Trinajstić information content (AvgIpc) is 2.93. The Morgan fingerprint density at radius 1 is 1.21 bits per heavy atom. The van der Waals surface area contributed by atoms with E-state index in [0.29, 0.717) is 22.6 Å². The molecule has 0 unspecified atom stereocenters. The Morgan fingerprint density at radius 2 is 1.88 bits per heavy atom. The first-order chi connectivity index (χ1) is 11.2. The van der Waals surface area contributed by atoms with Crippen molar-refractivity contribution in [2.24, 2.45) is 0 Å². The Morgan fingerprint density at radius 3 is 2.42 bits per heavy atom. The van der Waals surface area contributed by atoms with Gasteiger partial charge in [0, 0.05) is 5.69 Å². The first-order valence-electron chi connectivity index (χ1n) is 6.89. The van der Waals surface area contributed by atoms with Crippen LogP contribution in [0.15, 0.2) is 35.0 Å². The Kier molecular flexibility index (Phi) is 5.22. The van der Waals surface area contributed by atoms with Gasteiger partial charge in [0.05, 0.1) is 12.6 Å². The first-order valence-corrected chi connectivity index (χ1v) is 6.89. The minimum absolute atomic E-state index is 0.185. The minimum Gasteiger partial charge on any atom is -0.361 e. The van der Waals surface area contributed by atoms with Gasteiger partial charge in [-0.25, -0.2) is 0 Å². The summed E-state index contributed by atoms with van der Waals surface area (Å²) in [5.74, 6) is -0.751. The topological polar surface area (TPSA) is 84.2 Å². The molecule has 2 aromatic rings. The molecule has 2 N–H and O–H groups in total. The molecule has 0 aliphatic rings. The Hall–Kier alpha value is -2.84. The molecule has 1 aromatic heterocycles. The molecule has 24 heavy (non-hydrogen) atoms. The molecule has 1 heterocycles. The monoisotopic (exact) mass is 341 g/mol. The zero-order valence-electron chi connectivity index (χ0n) is 12.6. The van der Waals surface area contributed by atoms with Crippen LogP contribution in [-0.4, -0.2) is 29.7 Å². The predicted molar refractivity (Wildman–Crippen MR) is 78.4 cm³/mol. The quantitative estimate of drug-likeness (QED) is 0.875. The molecule has 9 heteroatoms. The molecule has 0 saturated heterocycles. The number of nitrogens with one attached hydrogen (secondary N) is 2. The van der Waals surface area contributed by atoms with Crippen molar-refractivity contribution in [2.75, 3.05) is 11.9 Å². The van der Waals surface area contributed by atoms with Gasteiger partial charge in [-0.05, 0) is 24.6 Å². The van der Waals surface area contributed by atoms with E-state index in [1.165, 1.54) is 6.20 Å². The van der Waals surface area contributed by atoms with Crippen LogP contribution in [0.5, 0.6) is 0 Å². The van der Waals surface area contributed by atoms with E-state index < -0.39 is 24.5 Å². The molecule has 128 valence electrons. The van der Waals surface area contributed by atoms with Crippen molar-refractivity contribution in [2.45, 2.75) is 19.5 Å². The average molecular weight is 341 g/mol. The third-order valence-electron chi connectivity index (χ3n) is 3.06. The number of anilines is 1. The number of alkyl halides is 3. The van der Waals surface area contributed by atoms with Gasteiger partial charge in [0.2, 0.25) is 5.91 Å². The van der Waals surface area contributed by atoms with Crippen LogP contribution in [0.25, 0.3) is 0 Å². The smallest absolute Gasteiger partial charge is 0.361 e. The van der Waals surface area contributed by atoms with Crippen LogP contribution in [-0.2, 0) is 11.2 Å². The summed E-state index contributed by atoms with van der Waals surface area (Å²) in [5, 5.41) is 7.92. The van der Waals surface area contributed by atoms with Crippen LogP contribution in [0.2, 0.25) is 0 Å². The van der Waals surface area contributed by atoms with Crippen LogP contribution < -0.4 is 10.6 Å².